The van der Waals surface area contributed by atoms with Gasteiger partial charge in [0.05, 0.1) is 5.69 Å². The minimum absolute atomic E-state index is 0.286. The van der Waals surface area contributed by atoms with E-state index in [4.69, 9.17) is 0 Å². The SMILES string of the molecule is CCNC1CCC(O)(c2ccc(-c3ncccc3F)cn2)CC1. The Hall–Kier alpha value is -1.85. The fourth-order valence-electron chi connectivity index (χ4n) is 3.25. The van der Waals surface area contributed by atoms with E-state index in [1.54, 1.807) is 30.6 Å². The van der Waals surface area contributed by atoms with Crippen LogP contribution in [0.5, 0.6) is 0 Å². The average Bonchev–Trinajstić information content (AvgIpc) is 2.58. The zero-order chi connectivity index (χ0) is 16.3. The molecule has 4 nitrogen and oxygen atoms in total. The van der Waals surface area contributed by atoms with Gasteiger partial charge in [0.15, 0.2) is 0 Å². The Labute approximate surface area is 135 Å². The first-order valence-corrected chi connectivity index (χ1v) is 8.15. The summed E-state index contributed by atoms with van der Waals surface area (Å²) in [5.41, 5.74) is 0.686. The van der Waals surface area contributed by atoms with Crippen LogP contribution in [-0.2, 0) is 5.60 Å². The van der Waals surface area contributed by atoms with Crippen LogP contribution in [0.15, 0.2) is 36.7 Å². The van der Waals surface area contributed by atoms with Gasteiger partial charge in [0, 0.05) is 24.0 Å². The molecule has 2 N–H and O–H groups in total. The third-order valence-corrected chi connectivity index (χ3v) is 4.58. The van der Waals surface area contributed by atoms with Crippen LogP contribution in [-0.4, -0.2) is 27.7 Å². The molecule has 2 aromatic rings. The quantitative estimate of drug-likeness (QED) is 0.910. The number of aromatic nitrogens is 2. The minimum atomic E-state index is -0.882. The smallest absolute Gasteiger partial charge is 0.149 e. The maximum absolute atomic E-state index is 13.8. The minimum Gasteiger partial charge on any atom is -0.384 e. The molecule has 0 aliphatic heterocycles. The molecule has 5 heteroatoms. The van der Waals surface area contributed by atoms with Gasteiger partial charge in [-0.05, 0) is 56.5 Å². The van der Waals surface area contributed by atoms with Gasteiger partial charge in [0.1, 0.15) is 17.1 Å². The first kappa shape index (κ1) is 16.0. The third-order valence-electron chi connectivity index (χ3n) is 4.58. The molecule has 2 aromatic heterocycles. The summed E-state index contributed by atoms with van der Waals surface area (Å²) in [7, 11) is 0. The summed E-state index contributed by atoms with van der Waals surface area (Å²) in [6, 6.07) is 6.99. The monoisotopic (exact) mass is 315 g/mol. The number of rotatable bonds is 4. The number of pyridine rings is 2. The molecule has 1 fully saturated rings. The molecule has 0 aromatic carbocycles. The predicted octanol–water partition coefficient (Wildman–Crippen LogP) is 3.02. The lowest BCUT2D eigenvalue weighted by Gasteiger charge is -2.35. The first-order valence-electron chi connectivity index (χ1n) is 8.15. The lowest BCUT2D eigenvalue weighted by atomic mass is 9.79. The summed E-state index contributed by atoms with van der Waals surface area (Å²) < 4.78 is 13.8. The van der Waals surface area contributed by atoms with Gasteiger partial charge in [0.25, 0.3) is 0 Å². The first-order chi connectivity index (χ1) is 11.1. The number of hydrogen-bond donors (Lipinski definition) is 2. The van der Waals surface area contributed by atoms with Crippen LogP contribution in [0.25, 0.3) is 11.3 Å². The van der Waals surface area contributed by atoms with Gasteiger partial charge in [-0.1, -0.05) is 6.92 Å². The van der Waals surface area contributed by atoms with Crippen molar-refractivity contribution in [1.82, 2.24) is 15.3 Å². The molecule has 0 atom stereocenters. The fraction of sp³-hybridized carbons (Fsp3) is 0.444. The largest absolute Gasteiger partial charge is 0.384 e. The Morgan fingerprint density at radius 2 is 2.04 bits per heavy atom. The van der Waals surface area contributed by atoms with Gasteiger partial charge < -0.3 is 10.4 Å². The Bertz CT molecular complexity index is 652. The van der Waals surface area contributed by atoms with Gasteiger partial charge in [-0.15, -0.1) is 0 Å². The second kappa shape index (κ2) is 6.72. The van der Waals surface area contributed by atoms with E-state index in [-0.39, 0.29) is 11.5 Å². The molecular formula is C18H22FN3O. The summed E-state index contributed by atoms with van der Waals surface area (Å²) in [5, 5.41) is 14.3. The van der Waals surface area contributed by atoms with E-state index in [1.807, 2.05) is 0 Å². The second-order valence-electron chi connectivity index (χ2n) is 6.13. The van der Waals surface area contributed by atoms with Crippen molar-refractivity contribution in [2.75, 3.05) is 6.54 Å². The second-order valence-corrected chi connectivity index (χ2v) is 6.13. The van der Waals surface area contributed by atoms with E-state index in [0.29, 0.717) is 30.1 Å². The highest BCUT2D eigenvalue weighted by atomic mass is 19.1. The van der Waals surface area contributed by atoms with Crippen molar-refractivity contribution in [3.63, 3.8) is 0 Å². The molecule has 3 rings (SSSR count). The van der Waals surface area contributed by atoms with Crippen LogP contribution in [0.1, 0.15) is 38.3 Å². The van der Waals surface area contributed by atoms with Crippen molar-refractivity contribution in [3.05, 3.63) is 48.2 Å². The number of nitrogens with one attached hydrogen (secondary N) is 1. The van der Waals surface area contributed by atoms with Crippen molar-refractivity contribution in [2.24, 2.45) is 0 Å². The summed E-state index contributed by atoms with van der Waals surface area (Å²) in [6.45, 7) is 3.05. The van der Waals surface area contributed by atoms with Crippen molar-refractivity contribution in [3.8, 4) is 11.3 Å². The maximum Gasteiger partial charge on any atom is 0.149 e. The lowest BCUT2D eigenvalue weighted by molar-refractivity contribution is -0.0120. The lowest BCUT2D eigenvalue weighted by Crippen LogP contribution is -2.40. The van der Waals surface area contributed by atoms with Crippen LogP contribution in [0.3, 0.4) is 0 Å². The van der Waals surface area contributed by atoms with E-state index < -0.39 is 5.60 Å². The molecule has 0 radical (unpaired) electrons. The van der Waals surface area contributed by atoms with E-state index in [0.717, 1.165) is 19.4 Å². The van der Waals surface area contributed by atoms with E-state index in [1.165, 1.54) is 6.07 Å². The summed E-state index contributed by atoms with van der Waals surface area (Å²) in [6.07, 6.45) is 6.40. The molecule has 0 amide bonds. The molecule has 1 saturated carbocycles. The summed E-state index contributed by atoms with van der Waals surface area (Å²) >= 11 is 0. The van der Waals surface area contributed by atoms with E-state index >= 15 is 0 Å². The molecule has 0 saturated heterocycles. The Balaban J connectivity index is 1.76. The molecular weight excluding hydrogens is 293 g/mol. The molecule has 1 aliphatic carbocycles. The van der Waals surface area contributed by atoms with Gasteiger partial charge in [-0.3, -0.25) is 9.97 Å². The predicted molar refractivity (Wildman–Crippen MR) is 87.3 cm³/mol. The highest BCUT2D eigenvalue weighted by Gasteiger charge is 2.35. The van der Waals surface area contributed by atoms with Gasteiger partial charge in [-0.25, -0.2) is 4.39 Å². The third kappa shape index (κ3) is 3.41. The fourth-order valence-corrected chi connectivity index (χ4v) is 3.25. The Kier molecular flexibility index (Phi) is 4.68. The molecule has 2 heterocycles. The summed E-state index contributed by atoms with van der Waals surface area (Å²) in [4.78, 5) is 8.44. The molecule has 1 aliphatic rings. The molecule has 122 valence electrons. The van der Waals surface area contributed by atoms with Crippen LogP contribution in [0.2, 0.25) is 0 Å². The van der Waals surface area contributed by atoms with Gasteiger partial charge in [0.2, 0.25) is 0 Å². The zero-order valence-corrected chi connectivity index (χ0v) is 13.3. The Morgan fingerprint density at radius 1 is 1.26 bits per heavy atom. The maximum atomic E-state index is 13.8. The van der Waals surface area contributed by atoms with Crippen molar-refractivity contribution in [1.29, 1.82) is 0 Å². The highest BCUT2D eigenvalue weighted by Crippen LogP contribution is 2.36. The van der Waals surface area contributed by atoms with Crippen molar-refractivity contribution >= 4 is 0 Å². The van der Waals surface area contributed by atoms with Crippen molar-refractivity contribution < 1.29 is 9.50 Å². The molecule has 23 heavy (non-hydrogen) atoms. The van der Waals surface area contributed by atoms with E-state index in [2.05, 4.69) is 22.2 Å². The normalized spacial score (nSPS) is 24.6. The number of halogens is 1. The van der Waals surface area contributed by atoms with Crippen molar-refractivity contribution in [2.45, 2.75) is 44.2 Å². The van der Waals surface area contributed by atoms with Crippen LogP contribution < -0.4 is 5.32 Å². The zero-order valence-electron chi connectivity index (χ0n) is 13.3. The molecule has 0 unspecified atom stereocenters. The van der Waals surface area contributed by atoms with E-state index in [9.17, 15) is 9.50 Å². The Morgan fingerprint density at radius 3 is 2.65 bits per heavy atom. The highest BCUT2D eigenvalue weighted by molar-refractivity contribution is 5.58. The van der Waals surface area contributed by atoms with Crippen LogP contribution >= 0.6 is 0 Å². The number of aliphatic hydroxyl groups is 1. The number of hydrogen-bond acceptors (Lipinski definition) is 4. The van der Waals surface area contributed by atoms with Gasteiger partial charge in [-0.2, -0.15) is 0 Å². The topological polar surface area (TPSA) is 58.0 Å². The van der Waals surface area contributed by atoms with Crippen LogP contribution in [0, 0.1) is 5.82 Å². The standard InChI is InChI=1S/C18H22FN3O/c1-2-20-14-7-9-18(23,10-8-14)16-6-5-13(12-22-16)17-15(19)4-3-11-21-17/h3-6,11-12,14,20,23H,2,7-10H2,1H3. The number of nitrogens with zero attached hydrogens (tertiary/aromatic N) is 2. The average molecular weight is 315 g/mol. The van der Waals surface area contributed by atoms with Gasteiger partial charge >= 0.3 is 0 Å². The van der Waals surface area contributed by atoms with Crippen LogP contribution in [0.4, 0.5) is 4.39 Å². The molecule has 0 spiro atoms. The molecule has 0 bridgehead atoms. The summed E-state index contributed by atoms with van der Waals surface area (Å²) in [5.74, 6) is -0.369.